The van der Waals surface area contributed by atoms with Crippen molar-refractivity contribution in [1.82, 2.24) is 5.32 Å². The summed E-state index contributed by atoms with van der Waals surface area (Å²) in [7, 11) is -1.50. The summed E-state index contributed by atoms with van der Waals surface area (Å²) in [5.74, 6) is -0.126. The van der Waals surface area contributed by atoms with Gasteiger partial charge in [-0.05, 0) is 30.7 Å². The maximum atomic E-state index is 12.0. The van der Waals surface area contributed by atoms with E-state index in [1.54, 1.807) is 7.11 Å². The quantitative estimate of drug-likeness (QED) is 0.845. The predicted molar refractivity (Wildman–Crippen MR) is 91.4 cm³/mol. The van der Waals surface area contributed by atoms with Crippen LogP contribution in [0.1, 0.15) is 24.8 Å². The molecule has 0 aromatic heterocycles. The van der Waals surface area contributed by atoms with Crippen LogP contribution in [0.25, 0.3) is 0 Å². The van der Waals surface area contributed by atoms with Crippen LogP contribution < -0.4 is 5.32 Å². The lowest BCUT2D eigenvalue weighted by Gasteiger charge is -2.35. The molecule has 1 amide bonds. The Kier molecular flexibility index (Phi) is 6.62. The van der Waals surface area contributed by atoms with Gasteiger partial charge in [0.05, 0.1) is 11.9 Å². The minimum atomic E-state index is -3.13. The third-order valence-corrected chi connectivity index (χ3v) is 5.33. The zero-order chi connectivity index (χ0) is 17.6. The molecule has 1 N–H and O–H groups in total. The van der Waals surface area contributed by atoms with Gasteiger partial charge in [-0.3, -0.25) is 0 Å². The van der Waals surface area contributed by atoms with E-state index in [4.69, 9.17) is 9.47 Å². The summed E-state index contributed by atoms with van der Waals surface area (Å²) < 4.78 is 33.9. The number of ether oxygens (including phenoxy) is 2. The molecule has 0 unspecified atom stereocenters. The number of carbonyl (C=O) groups is 1. The second-order valence-corrected chi connectivity index (χ2v) is 8.52. The normalized spacial score (nSPS) is 24.3. The van der Waals surface area contributed by atoms with E-state index in [1.807, 2.05) is 30.3 Å². The lowest BCUT2D eigenvalue weighted by atomic mass is 9.84. The molecule has 3 atom stereocenters. The average molecular weight is 355 g/mol. The number of methoxy groups -OCH3 is 1. The van der Waals surface area contributed by atoms with Crippen molar-refractivity contribution in [3.05, 3.63) is 35.9 Å². The second kappa shape index (κ2) is 8.48. The Morgan fingerprint density at radius 2 is 1.96 bits per heavy atom. The van der Waals surface area contributed by atoms with Crippen LogP contribution >= 0.6 is 0 Å². The molecule has 6 nitrogen and oxygen atoms in total. The van der Waals surface area contributed by atoms with Crippen LogP contribution in [0.15, 0.2) is 30.3 Å². The molecule has 24 heavy (non-hydrogen) atoms. The second-order valence-electron chi connectivity index (χ2n) is 6.34. The Bertz CT molecular complexity index is 632. The van der Waals surface area contributed by atoms with Crippen LogP contribution in [-0.4, -0.2) is 45.8 Å². The van der Waals surface area contributed by atoms with Crippen molar-refractivity contribution in [1.29, 1.82) is 0 Å². The van der Waals surface area contributed by atoms with E-state index in [0.717, 1.165) is 12.0 Å². The minimum Gasteiger partial charge on any atom is -0.445 e. The summed E-state index contributed by atoms with van der Waals surface area (Å²) in [5.41, 5.74) is 0.906. The first kappa shape index (κ1) is 18.7. The number of alkyl carbamates (subject to hydrolysis) is 1. The van der Waals surface area contributed by atoms with Gasteiger partial charge in [0.15, 0.2) is 0 Å². The van der Waals surface area contributed by atoms with Gasteiger partial charge in [0.25, 0.3) is 0 Å². The molecule has 2 rings (SSSR count). The molecule has 7 heteroatoms. The van der Waals surface area contributed by atoms with Gasteiger partial charge < -0.3 is 14.8 Å². The Labute approximate surface area is 143 Å². The summed E-state index contributed by atoms with van der Waals surface area (Å²) in [6.45, 7) is 0.191. The standard InChI is InChI=1S/C17H25NO5S/c1-22-15-8-9-16(14(10-15)12-24(2,20)21)18-17(19)23-11-13-6-4-3-5-7-13/h3-7,14-16H,8-12H2,1-2H3,(H,18,19)/t14-,15+,16-/m0/s1. The first-order valence-corrected chi connectivity index (χ1v) is 10.1. The van der Waals surface area contributed by atoms with Crippen LogP contribution in [0.4, 0.5) is 4.79 Å². The zero-order valence-corrected chi connectivity index (χ0v) is 14.9. The maximum absolute atomic E-state index is 12.0. The lowest BCUT2D eigenvalue weighted by molar-refractivity contribution is 0.0408. The number of nitrogens with one attached hydrogen (secondary N) is 1. The molecule has 1 saturated carbocycles. The SMILES string of the molecule is CO[C@@H]1CC[C@H](NC(=O)OCc2ccccc2)[C@H](CS(C)(=O)=O)C1. The molecule has 1 aliphatic carbocycles. The van der Waals surface area contributed by atoms with Crippen LogP contribution in [0.2, 0.25) is 0 Å². The molecule has 0 bridgehead atoms. The largest absolute Gasteiger partial charge is 0.445 e. The Hall–Kier alpha value is -1.60. The van der Waals surface area contributed by atoms with Crippen molar-refractivity contribution in [3.63, 3.8) is 0 Å². The predicted octanol–water partition coefficient (Wildman–Crippen LogP) is 2.14. The van der Waals surface area contributed by atoms with Crippen molar-refractivity contribution in [2.75, 3.05) is 19.1 Å². The van der Waals surface area contributed by atoms with Crippen molar-refractivity contribution in [2.45, 2.75) is 38.0 Å². The summed E-state index contributed by atoms with van der Waals surface area (Å²) in [6, 6.07) is 9.20. The van der Waals surface area contributed by atoms with E-state index in [1.165, 1.54) is 6.26 Å². The highest BCUT2D eigenvalue weighted by atomic mass is 32.2. The number of amides is 1. The van der Waals surface area contributed by atoms with E-state index in [0.29, 0.717) is 12.8 Å². The number of hydrogen-bond donors (Lipinski definition) is 1. The molecule has 0 spiro atoms. The van der Waals surface area contributed by atoms with Crippen molar-refractivity contribution in [2.24, 2.45) is 5.92 Å². The molecule has 0 radical (unpaired) electrons. The van der Waals surface area contributed by atoms with E-state index >= 15 is 0 Å². The topological polar surface area (TPSA) is 81.7 Å². The highest BCUT2D eigenvalue weighted by Crippen LogP contribution is 2.28. The monoisotopic (exact) mass is 355 g/mol. The Morgan fingerprint density at radius 1 is 1.25 bits per heavy atom. The molecule has 0 saturated heterocycles. The number of carbonyl (C=O) groups excluding carboxylic acids is 1. The summed E-state index contributed by atoms with van der Waals surface area (Å²) in [5, 5.41) is 2.83. The summed E-state index contributed by atoms with van der Waals surface area (Å²) >= 11 is 0. The first-order chi connectivity index (χ1) is 11.4. The maximum Gasteiger partial charge on any atom is 0.407 e. The zero-order valence-electron chi connectivity index (χ0n) is 14.1. The Balaban J connectivity index is 1.91. The van der Waals surface area contributed by atoms with Crippen LogP contribution in [0.3, 0.4) is 0 Å². The van der Waals surface area contributed by atoms with Gasteiger partial charge in [-0.15, -0.1) is 0 Å². The van der Waals surface area contributed by atoms with Gasteiger partial charge in [0.2, 0.25) is 0 Å². The molecule has 1 fully saturated rings. The molecule has 0 heterocycles. The fourth-order valence-electron chi connectivity index (χ4n) is 3.11. The number of hydrogen-bond acceptors (Lipinski definition) is 5. The van der Waals surface area contributed by atoms with Crippen LogP contribution in [0, 0.1) is 5.92 Å². The van der Waals surface area contributed by atoms with Gasteiger partial charge in [0.1, 0.15) is 16.4 Å². The summed E-state index contributed by atoms with van der Waals surface area (Å²) in [6.07, 6.45) is 2.83. The highest BCUT2D eigenvalue weighted by Gasteiger charge is 2.34. The fourth-order valence-corrected chi connectivity index (χ4v) is 4.26. The average Bonchev–Trinajstić information content (AvgIpc) is 2.54. The molecule has 1 aromatic carbocycles. The fraction of sp³-hybridized carbons (Fsp3) is 0.588. The van der Waals surface area contributed by atoms with Gasteiger partial charge in [0, 0.05) is 19.4 Å². The van der Waals surface area contributed by atoms with Crippen LogP contribution in [0.5, 0.6) is 0 Å². The van der Waals surface area contributed by atoms with Gasteiger partial charge in [-0.1, -0.05) is 30.3 Å². The first-order valence-electron chi connectivity index (χ1n) is 8.05. The number of sulfone groups is 1. The molecule has 134 valence electrons. The van der Waals surface area contributed by atoms with Crippen molar-refractivity contribution in [3.8, 4) is 0 Å². The number of rotatable bonds is 6. The molecule has 0 aliphatic heterocycles. The molecule has 1 aliphatic rings. The number of benzene rings is 1. The third-order valence-electron chi connectivity index (χ3n) is 4.30. The van der Waals surface area contributed by atoms with Crippen molar-refractivity contribution < 1.29 is 22.7 Å². The van der Waals surface area contributed by atoms with Gasteiger partial charge in [-0.25, -0.2) is 13.2 Å². The van der Waals surface area contributed by atoms with E-state index in [-0.39, 0.29) is 30.4 Å². The van der Waals surface area contributed by atoms with E-state index < -0.39 is 15.9 Å². The Morgan fingerprint density at radius 3 is 2.58 bits per heavy atom. The van der Waals surface area contributed by atoms with E-state index in [9.17, 15) is 13.2 Å². The summed E-state index contributed by atoms with van der Waals surface area (Å²) in [4.78, 5) is 12.0. The third kappa shape index (κ3) is 6.13. The highest BCUT2D eigenvalue weighted by molar-refractivity contribution is 7.90. The molecular formula is C17H25NO5S. The van der Waals surface area contributed by atoms with Gasteiger partial charge in [-0.2, -0.15) is 0 Å². The van der Waals surface area contributed by atoms with Crippen LogP contribution in [-0.2, 0) is 25.9 Å². The molecular weight excluding hydrogens is 330 g/mol. The lowest BCUT2D eigenvalue weighted by Crippen LogP contribution is -2.47. The smallest absolute Gasteiger partial charge is 0.407 e. The van der Waals surface area contributed by atoms with E-state index in [2.05, 4.69) is 5.32 Å². The van der Waals surface area contributed by atoms with Crippen molar-refractivity contribution >= 4 is 15.9 Å². The molecule has 1 aromatic rings. The van der Waals surface area contributed by atoms with Gasteiger partial charge >= 0.3 is 6.09 Å². The minimum absolute atomic E-state index is 0.0372.